The van der Waals surface area contributed by atoms with Gasteiger partial charge in [-0.15, -0.1) is 0 Å². The monoisotopic (exact) mass is 219 g/mol. The summed E-state index contributed by atoms with van der Waals surface area (Å²) in [5.74, 6) is 0.657. The maximum atomic E-state index is 13.1. The molecular formula is C12H23F2N. The fourth-order valence-corrected chi connectivity index (χ4v) is 2.67. The van der Waals surface area contributed by atoms with E-state index in [1.165, 1.54) is 0 Å². The Labute approximate surface area is 91.6 Å². The van der Waals surface area contributed by atoms with Crippen LogP contribution in [0.2, 0.25) is 0 Å². The van der Waals surface area contributed by atoms with Crippen molar-refractivity contribution in [3.63, 3.8) is 0 Å². The number of nitrogens with one attached hydrogen (secondary N) is 1. The molecule has 0 aromatic heterocycles. The summed E-state index contributed by atoms with van der Waals surface area (Å²) >= 11 is 0. The highest BCUT2D eigenvalue weighted by atomic mass is 19.3. The largest absolute Gasteiger partial charge is 0.307 e. The Morgan fingerprint density at radius 3 is 2.53 bits per heavy atom. The summed E-state index contributed by atoms with van der Waals surface area (Å²) in [4.78, 5) is 0. The van der Waals surface area contributed by atoms with Crippen LogP contribution in [0.25, 0.3) is 0 Å². The summed E-state index contributed by atoms with van der Waals surface area (Å²) < 4.78 is 26.2. The van der Waals surface area contributed by atoms with E-state index in [1.807, 2.05) is 6.92 Å². The standard InChI is InChI=1S/C12H23F2N/c1-3-10-6-5-8-12(9-7-10,11(13)14)15-4-2/h10-11,15H,3-9H2,1-2H3. The number of halogens is 2. The summed E-state index contributed by atoms with van der Waals surface area (Å²) in [6, 6.07) is 0. The van der Waals surface area contributed by atoms with Crippen molar-refractivity contribution in [3.8, 4) is 0 Å². The number of alkyl halides is 2. The minimum atomic E-state index is -2.23. The molecule has 0 spiro atoms. The average Bonchev–Trinajstić information content (AvgIpc) is 2.42. The first-order valence-electron chi connectivity index (χ1n) is 6.17. The lowest BCUT2D eigenvalue weighted by atomic mass is 9.89. The first kappa shape index (κ1) is 12.9. The molecule has 2 atom stereocenters. The van der Waals surface area contributed by atoms with Crippen molar-refractivity contribution in [2.24, 2.45) is 5.92 Å². The summed E-state index contributed by atoms with van der Waals surface area (Å²) in [5.41, 5.74) is -0.890. The van der Waals surface area contributed by atoms with Crippen LogP contribution in [0, 0.1) is 5.92 Å². The topological polar surface area (TPSA) is 12.0 Å². The van der Waals surface area contributed by atoms with E-state index in [9.17, 15) is 8.78 Å². The molecule has 0 aromatic carbocycles. The van der Waals surface area contributed by atoms with Crippen molar-refractivity contribution in [1.29, 1.82) is 0 Å². The molecule has 0 aliphatic heterocycles. The van der Waals surface area contributed by atoms with Gasteiger partial charge in [-0.3, -0.25) is 0 Å². The van der Waals surface area contributed by atoms with Crippen LogP contribution in [0.4, 0.5) is 8.78 Å². The third-order valence-corrected chi connectivity index (χ3v) is 3.76. The van der Waals surface area contributed by atoms with Gasteiger partial charge in [-0.1, -0.05) is 33.1 Å². The van der Waals surface area contributed by atoms with Crippen molar-refractivity contribution < 1.29 is 8.78 Å². The van der Waals surface area contributed by atoms with Crippen molar-refractivity contribution in [1.82, 2.24) is 5.32 Å². The molecule has 1 N–H and O–H groups in total. The maximum absolute atomic E-state index is 13.1. The van der Waals surface area contributed by atoms with Gasteiger partial charge in [0.15, 0.2) is 0 Å². The smallest absolute Gasteiger partial charge is 0.256 e. The zero-order chi connectivity index (χ0) is 11.3. The third kappa shape index (κ3) is 3.13. The van der Waals surface area contributed by atoms with Gasteiger partial charge in [0.1, 0.15) is 0 Å². The molecular weight excluding hydrogens is 196 g/mol. The number of hydrogen-bond acceptors (Lipinski definition) is 1. The molecule has 0 bridgehead atoms. The molecule has 1 rings (SSSR count). The second-order valence-corrected chi connectivity index (χ2v) is 4.69. The summed E-state index contributed by atoms with van der Waals surface area (Å²) in [6.45, 7) is 4.71. The van der Waals surface area contributed by atoms with E-state index in [-0.39, 0.29) is 0 Å². The van der Waals surface area contributed by atoms with Crippen molar-refractivity contribution in [3.05, 3.63) is 0 Å². The highest BCUT2D eigenvalue weighted by molar-refractivity contribution is 4.93. The van der Waals surface area contributed by atoms with Crippen molar-refractivity contribution in [2.75, 3.05) is 6.54 Å². The SMILES string of the molecule is CCNC1(C(F)F)CCCC(CC)CC1. The molecule has 0 amide bonds. The summed E-state index contributed by atoms with van der Waals surface area (Å²) in [6.07, 6.45) is 3.19. The first-order valence-corrected chi connectivity index (χ1v) is 6.17. The molecule has 2 unspecified atom stereocenters. The molecule has 1 aliphatic rings. The second kappa shape index (κ2) is 5.78. The molecule has 0 heterocycles. The number of rotatable bonds is 4. The van der Waals surface area contributed by atoms with E-state index in [1.54, 1.807) is 0 Å². The fraction of sp³-hybridized carbons (Fsp3) is 1.00. The maximum Gasteiger partial charge on any atom is 0.256 e. The zero-order valence-electron chi connectivity index (χ0n) is 9.86. The fourth-order valence-electron chi connectivity index (χ4n) is 2.67. The van der Waals surface area contributed by atoms with Gasteiger partial charge in [0, 0.05) is 0 Å². The highest BCUT2D eigenvalue weighted by Crippen LogP contribution is 2.35. The zero-order valence-corrected chi connectivity index (χ0v) is 9.86. The quantitative estimate of drug-likeness (QED) is 0.712. The minimum Gasteiger partial charge on any atom is -0.307 e. The first-order chi connectivity index (χ1) is 7.14. The van der Waals surface area contributed by atoms with Crippen LogP contribution in [0.15, 0.2) is 0 Å². The van der Waals surface area contributed by atoms with Crippen LogP contribution in [-0.2, 0) is 0 Å². The predicted octanol–water partition coefficient (Wildman–Crippen LogP) is 3.59. The molecule has 1 aliphatic carbocycles. The van der Waals surface area contributed by atoms with Gasteiger partial charge in [-0.25, -0.2) is 8.78 Å². The Kier molecular flexibility index (Phi) is 4.97. The molecule has 1 saturated carbocycles. The Hall–Kier alpha value is -0.180. The lowest BCUT2D eigenvalue weighted by Crippen LogP contribution is -2.50. The van der Waals surface area contributed by atoms with Crippen LogP contribution in [0.3, 0.4) is 0 Å². The minimum absolute atomic E-state index is 0.634. The van der Waals surface area contributed by atoms with E-state index in [0.29, 0.717) is 25.3 Å². The lowest BCUT2D eigenvalue weighted by molar-refractivity contribution is 0.0203. The summed E-state index contributed by atoms with van der Waals surface area (Å²) in [5, 5.41) is 3.03. The highest BCUT2D eigenvalue weighted by Gasteiger charge is 2.40. The average molecular weight is 219 g/mol. The predicted molar refractivity (Wildman–Crippen MR) is 59.3 cm³/mol. The number of hydrogen-bond donors (Lipinski definition) is 1. The molecule has 3 heteroatoms. The van der Waals surface area contributed by atoms with Gasteiger partial charge in [-0.2, -0.15) is 0 Å². The lowest BCUT2D eigenvalue weighted by Gasteiger charge is -2.33. The van der Waals surface area contributed by atoms with E-state index < -0.39 is 12.0 Å². The molecule has 15 heavy (non-hydrogen) atoms. The second-order valence-electron chi connectivity index (χ2n) is 4.69. The van der Waals surface area contributed by atoms with E-state index in [2.05, 4.69) is 12.2 Å². The van der Waals surface area contributed by atoms with E-state index in [0.717, 1.165) is 25.7 Å². The van der Waals surface area contributed by atoms with Crippen LogP contribution in [0.1, 0.15) is 52.4 Å². The van der Waals surface area contributed by atoms with Crippen LogP contribution >= 0.6 is 0 Å². The third-order valence-electron chi connectivity index (χ3n) is 3.76. The van der Waals surface area contributed by atoms with Crippen molar-refractivity contribution in [2.45, 2.75) is 64.3 Å². The van der Waals surface area contributed by atoms with Gasteiger partial charge in [0.05, 0.1) is 5.54 Å². The van der Waals surface area contributed by atoms with Crippen LogP contribution in [0.5, 0.6) is 0 Å². The van der Waals surface area contributed by atoms with E-state index >= 15 is 0 Å². The molecule has 1 fully saturated rings. The molecule has 0 aromatic rings. The Bertz CT molecular complexity index is 184. The van der Waals surface area contributed by atoms with Gasteiger partial charge in [0.25, 0.3) is 6.43 Å². The normalized spacial score (nSPS) is 33.0. The Morgan fingerprint density at radius 2 is 2.00 bits per heavy atom. The van der Waals surface area contributed by atoms with Crippen molar-refractivity contribution >= 4 is 0 Å². The Morgan fingerprint density at radius 1 is 1.27 bits per heavy atom. The van der Waals surface area contributed by atoms with Crippen LogP contribution in [-0.4, -0.2) is 18.5 Å². The van der Waals surface area contributed by atoms with E-state index in [4.69, 9.17) is 0 Å². The van der Waals surface area contributed by atoms with Gasteiger partial charge >= 0.3 is 0 Å². The van der Waals surface area contributed by atoms with Gasteiger partial charge < -0.3 is 5.32 Å². The molecule has 1 nitrogen and oxygen atoms in total. The van der Waals surface area contributed by atoms with Gasteiger partial charge in [-0.05, 0) is 31.7 Å². The summed E-state index contributed by atoms with van der Waals surface area (Å²) in [7, 11) is 0. The van der Waals surface area contributed by atoms with Crippen LogP contribution < -0.4 is 5.32 Å². The molecule has 90 valence electrons. The Balaban J connectivity index is 2.64. The van der Waals surface area contributed by atoms with Gasteiger partial charge in [0.2, 0.25) is 0 Å². The molecule has 0 saturated heterocycles. The molecule has 0 radical (unpaired) electrons.